The highest BCUT2D eigenvalue weighted by atomic mass is 16.3. The van der Waals surface area contributed by atoms with Crippen molar-refractivity contribution in [1.82, 2.24) is 0 Å². The minimum atomic E-state index is -0.138. The zero-order chi connectivity index (χ0) is 97.1. The third kappa shape index (κ3) is 12.6. The molecule has 27 aromatic carbocycles. The van der Waals surface area contributed by atoms with Crippen LogP contribution in [0.2, 0.25) is 0 Å². The Balaban J connectivity index is 0.000000105. The molecule has 0 amide bonds. The molecule has 146 heavy (non-hydrogen) atoms. The molecule has 1 heteroatoms. The van der Waals surface area contributed by atoms with Crippen LogP contribution in [0.3, 0.4) is 0 Å². The summed E-state index contributed by atoms with van der Waals surface area (Å²) >= 11 is 0. The van der Waals surface area contributed by atoms with Crippen molar-refractivity contribution in [3.05, 3.63) is 519 Å². The van der Waals surface area contributed by atoms with E-state index in [1.165, 1.54) is 285 Å². The first kappa shape index (κ1) is 84.9. The van der Waals surface area contributed by atoms with Crippen molar-refractivity contribution in [3.8, 4) is 111 Å². The Morgan fingerprint density at radius 3 is 0.705 bits per heavy atom. The van der Waals surface area contributed by atoms with Crippen molar-refractivity contribution in [2.24, 2.45) is 0 Å². The number of para-hydroxylation sites is 1. The molecule has 0 bridgehead atoms. The van der Waals surface area contributed by atoms with E-state index in [2.05, 4.69) is 515 Å². The van der Waals surface area contributed by atoms with Gasteiger partial charge in [-0.1, -0.05) is 478 Å². The Morgan fingerprint density at radius 2 is 0.356 bits per heavy atom. The largest absolute Gasteiger partial charge is 0.456 e. The van der Waals surface area contributed by atoms with E-state index >= 15 is 0 Å². The van der Waals surface area contributed by atoms with E-state index in [0.29, 0.717) is 0 Å². The van der Waals surface area contributed by atoms with Gasteiger partial charge in [0.1, 0.15) is 11.2 Å². The van der Waals surface area contributed by atoms with Crippen LogP contribution in [0.15, 0.2) is 490 Å². The second-order valence-corrected chi connectivity index (χ2v) is 42.0. The van der Waals surface area contributed by atoms with E-state index in [1.807, 2.05) is 12.1 Å². The highest BCUT2D eigenvalue weighted by molar-refractivity contribution is 6.28. The lowest BCUT2D eigenvalue weighted by Gasteiger charge is -2.24. The van der Waals surface area contributed by atoms with Gasteiger partial charge in [-0.25, -0.2) is 0 Å². The van der Waals surface area contributed by atoms with E-state index in [0.717, 1.165) is 21.9 Å². The SMILES string of the molecule is CC1(C)c2ccc(-c3c4ccccc4c(-c4ccc5ccccc5c4)c4ccccc34)cc2-c2c1c1ccccc1c1ccccc21.CC1(C)c2ccc(-c3c4ccccc4c(-c4cccc(-c5ccc6oc7ccccc7c6c5)c4)c4ccccc34)cc2-c2c1c1ccccc1c1ccccc21.CC1(C)c2ccc(-c3c4ccccc4c(-c4ccccc4)c4ccccc34)cc2-c2c1c1ccccc1c1ccccc21. The van der Waals surface area contributed by atoms with Crippen LogP contribution in [-0.4, -0.2) is 0 Å². The minimum Gasteiger partial charge on any atom is -0.456 e. The maximum absolute atomic E-state index is 6.17. The predicted molar refractivity (Wildman–Crippen MR) is 625 cm³/mol. The number of benzene rings is 27. The van der Waals surface area contributed by atoms with Gasteiger partial charge in [-0.3, -0.25) is 0 Å². The molecular weight excluding hydrogens is 1760 g/mol. The highest BCUT2D eigenvalue weighted by Gasteiger charge is 2.43. The summed E-state index contributed by atoms with van der Waals surface area (Å²) in [6, 6.07) is 180. The summed E-state index contributed by atoms with van der Waals surface area (Å²) < 4.78 is 6.17. The molecule has 3 aliphatic rings. The maximum Gasteiger partial charge on any atom is 0.135 e. The maximum atomic E-state index is 6.17. The zero-order valence-corrected chi connectivity index (χ0v) is 82.1. The van der Waals surface area contributed by atoms with Crippen LogP contribution in [0.5, 0.6) is 0 Å². The molecule has 684 valence electrons. The van der Waals surface area contributed by atoms with Gasteiger partial charge in [-0.15, -0.1) is 0 Å². The Morgan fingerprint density at radius 1 is 0.130 bits per heavy atom. The van der Waals surface area contributed by atoms with Crippen LogP contribution in [0.4, 0.5) is 0 Å². The van der Waals surface area contributed by atoms with Gasteiger partial charge in [-0.2, -0.15) is 0 Å². The molecule has 0 radical (unpaired) electrons. The molecule has 3 aliphatic carbocycles. The Hall–Kier alpha value is -17.9. The van der Waals surface area contributed by atoms with Crippen LogP contribution in [0.25, 0.3) is 273 Å². The van der Waals surface area contributed by atoms with Crippen LogP contribution < -0.4 is 0 Å². The molecule has 1 nitrogen and oxygen atoms in total. The van der Waals surface area contributed by atoms with Crippen molar-refractivity contribution in [3.63, 3.8) is 0 Å². The van der Waals surface area contributed by atoms with Crippen LogP contribution in [0.1, 0.15) is 74.9 Å². The normalized spacial score (nSPS) is 13.4. The summed E-state index contributed by atoms with van der Waals surface area (Å²) in [5.74, 6) is 0. The number of furan rings is 1. The van der Waals surface area contributed by atoms with Crippen molar-refractivity contribution in [2.75, 3.05) is 0 Å². The second kappa shape index (κ2) is 32.6. The summed E-state index contributed by atoms with van der Waals surface area (Å²) in [7, 11) is 0. The van der Waals surface area contributed by atoms with E-state index in [9.17, 15) is 0 Å². The molecule has 0 atom stereocenters. The molecule has 0 fully saturated rings. The lowest BCUT2D eigenvalue weighted by Crippen LogP contribution is -2.15. The first-order chi connectivity index (χ1) is 71.8. The molecule has 0 spiro atoms. The smallest absolute Gasteiger partial charge is 0.135 e. The van der Waals surface area contributed by atoms with E-state index in [-0.39, 0.29) is 16.2 Å². The van der Waals surface area contributed by atoms with Gasteiger partial charge in [0.15, 0.2) is 0 Å². The first-order valence-corrected chi connectivity index (χ1v) is 51.4. The molecular formula is C145H98O. The lowest BCUT2D eigenvalue weighted by molar-refractivity contribution is 0.666. The van der Waals surface area contributed by atoms with Crippen molar-refractivity contribution < 1.29 is 4.42 Å². The molecule has 0 N–H and O–H groups in total. The zero-order valence-electron chi connectivity index (χ0n) is 82.1. The van der Waals surface area contributed by atoms with Gasteiger partial charge < -0.3 is 4.42 Å². The topological polar surface area (TPSA) is 13.1 Å². The van der Waals surface area contributed by atoms with Gasteiger partial charge in [0.2, 0.25) is 0 Å². The molecule has 0 unspecified atom stereocenters. The fraction of sp³-hybridized carbons (Fsp3) is 0.0621. The van der Waals surface area contributed by atoms with Crippen LogP contribution in [-0.2, 0) is 16.2 Å². The summed E-state index contributed by atoms with van der Waals surface area (Å²) in [5.41, 5.74) is 35.9. The van der Waals surface area contributed by atoms with Gasteiger partial charge in [0, 0.05) is 27.0 Å². The number of hydrogen-bond acceptors (Lipinski definition) is 1. The minimum absolute atomic E-state index is 0.103. The third-order valence-corrected chi connectivity index (χ3v) is 33.2. The van der Waals surface area contributed by atoms with Crippen molar-refractivity contribution >= 4 is 162 Å². The number of rotatable bonds is 7. The van der Waals surface area contributed by atoms with Gasteiger partial charge in [0.05, 0.1) is 0 Å². The molecule has 0 saturated heterocycles. The fourth-order valence-electron chi connectivity index (χ4n) is 26.9. The van der Waals surface area contributed by atoms with Gasteiger partial charge in [0.25, 0.3) is 0 Å². The molecule has 28 aromatic rings. The van der Waals surface area contributed by atoms with Gasteiger partial charge in [-0.05, 0) is 333 Å². The molecule has 0 aliphatic heterocycles. The summed E-state index contributed by atoms with van der Waals surface area (Å²) in [4.78, 5) is 0. The van der Waals surface area contributed by atoms with E-state index < -0.39 is 0 Å². The van der Waals surface area contributed by atoms with Crippen LogP contribution >= 0.6 is 0 Å². The monoisotopic (exact) mass is 1850 g/mol. The summed E-state index contributed by atoms with van der Waals surface area (Å²) in [6.07, 6.45) is 0. The molecule has 0 saturated carbocycles. The molecule has 1 aromatic heterocycles. The third-order valence-electron chi connectivity index (χ3n) is 33.2. The Labute approximate surface area is 847 Å². The van der Waals surface area contributed by atoms with E-state index in [1.54, 1.807) is 0 Å². The first-order valence-electron chi connectivity index (χ1n) is 51.4. The standard InChI is InChI=1S/C55H36O.C47H32.C43H30/c1-55(2)48-28-26-36(32-47(48)53-40-19-5-3-16-37(40)38-17-4-10-24-45(38)54(53)55)52-43-22-8-6-20-41(43)51(42-21-7-9-23-44(42)52)35-15-13-14-33(30-35)34-27-29-50-46(31-34)39-18-11-12-25-49(39)56-50;1-47(2)42-26-25-32(28-41(42)45-35-17-7-5-15-33(35)34-16-6-12-22-40(34)46(45)47)44-38-20-10-8-18-36(38)43(37-19-9-11-21-39(37)44)31-24-23-29-13-3-4-14-30(29)27-31;1-43(2)38-25-24-28(26-37(38)41-31-18-8-6-16-29(31)30-17-7-13-23-36(30)42(41)43)40-34-21-11-9-19-32(34)39(27-14-4-3-5-15-27)33-20-10-12-22-35(33)40/h3-32H,1-2H3;3-28H,1-2H3;3-26H,1-2H3. The van der Waals surface area contributed by atoms with Crippen molar-refractivity contribution in [1.29, 1.82) is 0 Å². The van der Waals surface area contributed by atoms with Crippen LogP contribution in [0, 0.1) is 0 Å². The Kier molecular flexibility index (Phi) is 19.0. The summed E-state index contributed by atoms with van der Waals surface area (Å²) in [6.45, 7) is 14.4. The molecule has 1 heterocycles. The van der Waals surface area contributed by atoms with E-state index in [4.69, 9.17) is 4.42 Å². The average molecular weight is 1860 g/mol. The lowest BCUT2D eigenvalue weighted by atomic mass is 9.79. The van der Waals surface area contributed by atoms with Crippen molar-refractivity contribution in [2.45, 2.75) is 57.8 Å². The number of hydrogen-bond donors (Lipinski definition) is 0. The number of fused-ring (bicyclic) bond motifs is 34. The highest BCUT2D eigenvalue weighted by Crippen LogP contribution is 2.62. The fourth-order valence-corrected chi connectivity index (χ4v) is 26.9. The molecule has 31 rings (SSSR count). The quantitative estimate of drug-likeness (QED) is 0.114. The summed E-state index contributed by atoms with van der Waals surface area (Å²) in [5, 5.41) is 36.2. The second-order valence-electron chi connectivity index (χ2n) is 42.0. The predicted octanol–water partition coefficient (Wildman–Crippen LogP) is 40.5. The Bertz CT molecular complexity index is 10300. The van der Waals surface area contributed by atoms with Gasteiger partial charge >= 0.3 is 0 Å². The average Bonchev–Trinajstić information content (AvgIpc) is 1.54.